The minimum absolute atomic E-state index is 0.229. The highest BCUT2D eigenvalue weighted by Crippen LogP contribution is 2.15. The molecule has 1 aromatic carbocycles. The van der Waals surface area contributed by atoms with Gasteiger partial charge in [-0.15, -0.1) is 0 Å². The van der Waals surface area contributed by atoms with Gasteiger partial charge in [-0.3, -0.25) is 33.7 Å². The third-order valence-electron chi connectivity index (χ3n) is 6.05. The fraction of sp³-hybridized carbons (Fsp3) is 0.192. The van der Waals surface area contributed by atoms with Crippen molar-refractivity contribution in [1.82, 2.24) is 23.7 Å². The summed E-state index contributed by atoms with van der Waals surface area (Å²) in [5, 5.41) is 0. The molecule has 0 spiro atoms. The van der Waals surface area contributed by atoms with Gasteiger partial charge in [-0.05, 0) is 36.4 Å². The van der Waals surface area contributed by atoms with Gasteiger partial charge in [0.15, 0.2) is 0 Å². The van der Waals surface area contributed by atoms with Crippen molar-refractivity contribution >= 4 is 23.8 Å². The van der Waals surface area contributed by atoms with E-state index >= 15 is 0 Å². The summed E-state index contributed by atoms with van der Waals surface area (Å²) in [6.45, 7) is -0.520. The zero-order chi connectivity index (χ0) is 29.0. The molecule has 206 valence electrons. The number of aromatic nitrogens is 5. The molecule has 0 aliphatic carbocycles. The SMILES string of the molecule is Cn1c(/C=N/c2ccc(C(=O)OCc3cc(=O)[nH]c(=O)n3C)cc2)ccc1C(=O)OCc1cc(=O)[nH]c(=O)n1C. The average molecular weight is 549 g/mol. The Morgan fingerprint density at radius 2 is 1.27 bits per heavy atom. The standard InChI is InChI=1S/C26H24N6O8/c1-30-17(8-9-20(30)24(36)40-14-19-11-22(34)29-26(38)32(19)3)12-27-16-6-4-15(5-7-16)23(35)39-13-18-10-21(33)28-25(37)31(18)2/h4-12H,13-14H2,1-3H3,(H,28,33,37)(H,29,34,38)/b27-12+. The molecule has 0 atom stereocenters. The highest BCUT2D eigenvalue weighted by atomic mass is 16.5. The Morgan fingerprint density at radius 1 is 0.750 bits per heavy atom. The maximum absolute atomic E-state index is 12.6. The molecule has 0 saturated heterocycles. The molecule has 0 aliphatic heterocycles. The van der Waals surface area contributed by atoms with Crippen molar-refractivity contribution in [2.45, 2.75) is 13.2 Å². The van der Waals surface area contributed by atoms with E-state index in [1.165, 1.54) is 53.7 Å². The third-order valence-corrected chi connectivity index (χ3v) is 6.05. The summed E-state index contributed by atoms with van der Waals surface area (Å²) in [6, 6.07) is 11.8. The Bertz CT molecular complexity index is 1850. The zero-order valence-corrected chi connectivity index (χ0v) is 21.7. The number of nitrogens with one attached hydrogen (secondary N) is 2. The quantitative estimate of drug-likeness (QED) is 0.232. The molecule has 0 aliphatic rings. The van der Waals surface area contributed by atoms with Crippen molar-refractivity contribution < 1.29 is 19.1 Å². The fourth-order valence-corrected chi connectivity index (χ4v) is 3.61. The van der Waals surface area contributed by atoms with E-state index in [-0.39, 0.29) is 35.9 Å². The van der Waals surface area contributed by atoms with Crippen LogP contribution in [-0.4, -0.2) is 41.8 Å². The molecule has 3 heterocycles. The van der Waals surface area contributed by atoms with Gasteiger partial charge < -0.3 is 14.0 Å². The number of ether oxygens (including phenoxy) is 2. The molecule has 0 saturated carbocycles. The second-order valence-electron chi connectivity index (χ2n) is 8.64. The third kappa shape index (κ3) is 6.12. The van der Waals surface area contributed by atoms with Crippen LogP contribution < -0.4 is 22.5 Å². The summed E-state index contributed by atoms with van der Waals surface area (Å²) in [4.78, 5) is 79.9. The Hall–Kier alpha value is -5.53. The van der Waals surface area contributed by atoms with E-state index in [1.54, 1.807) is 35.9 Å². The van der Waals surface area contributed by atoms with Crippen LogP contribution in [0, 0.1) is 0 Å². The van der Waals surface area contributed by atoms with E-state index in [4.69, 9.17) is 9.47 Å². The number of hydrogen-bond acceptors (Lipinski definition) is 9. The van der Waals surface area contributed by atoms with Crippen LogP contribution in [0.2, 0.25) is 0 Å². The number of rotatable bonds is 8. The molecule has 0 unspecified atom stereocenters. The lowest BCUT2D eigenvalue weighted by atomic mass is 10.2. The van der Waals surface area contributed by atoms with Gasteiger partial charge in [-0.2, -0.15) is 0 Å². The van der Waals surface area contributed by atoms with E-state index in [0.717, 1.165) is 0 Å². The predicted octanol–water partition coefficient (Wildman–Crippen LogP) is 0.264. The van der Waals surface area contributed by atoms with Crippen molar-refractivity contribution in [2.75, 3.05) is 0 Å². The van der Waals surface area contributed by atoms with Crippen molar-refractivity contribution in [1.29, 1.82) is 0 Å². The Kier molecular flexibility index (Phi) is 7.89. The van der Waals surface area contributed by atoms with Crippen molar-refractivity contribution in [3.05, 3.63) is 119 Å². The van der Waals surface area contributed by atoms with E-state index in [1.807, 2.05) is 0 Å². The van der Waals surface area contributed by atoms with Crippen LogP contribution in [-0.2, 0) is 43.8 Å². The number of benzene rings is 1. The zero-order valence-electron chi connectivity index (χ0n) is 21.7. The van der Waals surface area contributed by atoms with Crippen molar-refractivity contribution in [2.24, 2.45) is 26.1 Å². The maximum atomic E-state index is 12.6. The molecule has 14 heteroatoms. The molecule has 3 aromatic heterocycles. The lowest BCUT2D eigenvalue weighted by Crippen LogP contribution is -2.30. The second-order valence-corrected chi connectivity index (χ2v) is 8.64. The van der Waals surface area contributed by atoms with Gasteiger partial charge in [-0.25, -0.2) is 19.2 Å². The van der Waals surface area contributed by atoms with E-state index < -0.39 is 34.4 Å². The van der Waals surface area contributed by atoms with Gasteiger partial charge >= 0.3 is 23.3 Å². The number of esters is 2. The largest absolute Gasteiger partial charge is 0.456 e. The first kappa shape index (κ1) is 27.5. The minimum atomic E-state index is -0.655. The van der Waals surface area contributed by atoms with E-state index in [9.17, 15) is 28.8 Å². The number of nitrogens with zero attached hydrogens (tertiary/aromatic N) is 4. The van der Waals surface area contributed by atoms with Gasteiger partial charge in [0, 0.05) is 33.3 Å². The van der Waals surface area contributed by atoms with Crippen LogP contribution in [0.5, 0.6) is 0 Å². The molecule has 0 radical (unpaired) electrons. The molecule has 4 rings (SSSR count). The van der Waals surface area contributed by atoms with Crippen LogP contribution in [0.25, 0.3) is 0 Å². The molecule has 4 aromatic rings. The Balaban J connectivity index is 1.37. The molecule has 0 fully saturated rings. The minimum Gasteiger partial charge on any atom is -0.456 e. The highest BCUT2D eigenvalue weighted by Gasteiger charge is 2.15. The van der Waals surface area contributed by atoms with E-state index in [2.05, 4.69) is 15.0 Å². The number of aliphatic imine (C=N–C) groups is 1. The molecule has 40 heavy (non-hydrogen) atoms. The summed E-state index contributed by atoms with van der Waals surface area (Å²) in [7, 11) is 4.55. The summed E-state index contributed by atoms with van der Waals surface area (Å²) in [6.07, 6.45) is 1.53. The number of carbonyl (C=O) groups is 2. The molecule has 14 nitrogen and oxygen atoms in total. The van der Waals surface area contributed by atoms with Crippen LogP contribution in [0.3, 0.4) is 0 Å². The van der Waals surface area contributed by atoms with E-state index in [0.29, 0.717) is 11.4 Å². The number of aromatic amines is 2. The summed E-state index contributed by atoms with van der Waals surface area (Å²) in [5.41, 5.74) is -0.327. The van der Waals surface area contributed by atoms with Crippen LogP contribution >= 0.6 is 0 Å². The average Bonchev–Trinajstić information content (AvgIpc) is 3.29. The number of hydrogen-bond donors (Lipinski definition) is 2. The Morgan fingerprint density at radius 3 is 1.82 bits per heavy atom. The first-order valence-electron chi connectivity index (χ1n) is 11.8. The van der Waals surface area contributed by atoms with Crippen LogP contribution in [0.1, 0.15) is 37.9 Å². The lowest BCUT2D eigenvalue weighted by molar-refractivity contribution is 0.0447. The van der Waals surface area contributed by atoms with Crippen molar-refractivity contribution in [3.63, 3.8) is 0 Å². The van der Waals surface area contributed by atoms with Gasteiger partial charge in [0.2, 0.25) is 0 Å². The molecule has 0 amide bonds. The second kappa shape index (κ2) is 11.5. The predicted molar refractivity (Wildman–Crippen MR) is 142 cm³/mol. The van der Waals surface area contributed by atoms with Crippen LogP contribution in [0.4, 0.5) is 5.69 Å². The topological polar surface area (TPSA) is 180 Å². The highest BCUT2D eigenvalue weighted by molar-refractivity contribution is 5.91. The summed E-state index contributed by atoms with van der Waals surface area (Å²) < 4.78 is 14.4. The van der Waals surface area contributed by atoms with Gasteiger partial charge in [-0.1, -0.05) is 0 Å². The number of carbonyl (C=O) groups excluding carboxylic acids is 2. The maximum Gasteiger partial charge on any atom is 0.355 e. The Labute approximate surface area is 224 Å². The number of H-pyrrole nitrogens is 2. The molecule has 2 N–H and O–H groups in total. The molecular weight excluding hydrogens is 524 g/mol. The lowest BCUT2D eigenvalue weighted by Gasteiger charge is -2.09. The van der Waals surface area contributed by atoms with Gasteiger partial charge in [0.1, 0.15) is 18.9 Å². The smallest absolute Gasteiger partial charge is 0.355 e. The molecular formula is C26H24N6O8. The normalized spacial score (nSPS) is 11.1. The summed E-state index contributed by atoms with van der Waals surface area (Å²) in [5.74, 6) is -1.30. The van der Waals surface area contributed by atoms with Gasteiger partial charge in [0.25, 0.3) is 11.1 Å². The van der Waals surface area contributed by atoms with Crippen molar-refractivity contribution in [3.8, 4) is 0 Å². The first-order chi connectivity index (χ1) is 19.0. The fourth-order valence-electron chi connectivity index (χ4n) is 3.61. The monoisotopic (exact) mass is 548 g/mol. The van der Waals surface area contributed by atoms with Crippen LogP contribution in [0.15, 0.2) is 72.7 Å². The summed E-state index contributed by atoms with van der Waals surface area (Å²) >= 11 is 0. The van der Waals surface area contributed by atoms with Gasteiger partial charge in [0.05, 0.1) is 34.5 Å². The first-order valence-corrected chi connectivity index (χ1v) is 11.8. The molecule has 0 bridgehead atoms.